The molecular weight excluding hydrogens is 440 g/mol. The van der Waals surface area contributed by atoms with Crippen LogP contribution < -0.4 is 0 Å². The minimum absolute atomic E-state index is 0.000588. The summed E-state index contributed by atoms with van der Waals surface area (Å²) in [6.45, 7) is 12.3. The van der Waals surface area contributed by atoms with Gasteiger partial charge in [-0.1, -0.05) is 39.0 Å². The monoisotopic (exact) mass is 484 g/mol. The van der Waals surface area contributed by atoms with Crippen LogP contribution >= 0.6 is 0 Å². The zero-order chi connectivity index (χ0) is 25.4. The van der Waals surface area contributed by atoms with Crippen LogP contribution in [0.25, 0.3) is 0 Å². The molecule has 8 nitrogen and oxygen atoms in total. The standard InChI is InChI=1S/C26H44O8/c1-14(9-11-27)6-7-16-15(2)17(12-19-25(3,4)20(29)8-10-26(16,19)5)33-24-23(32)22(31)21(30)18(13-28)34-24/h9,16-24,27-32H,2,6-8,10-13H2,1,3-5H3/b14-9-/t16-,17-,18-,19-,20-,21-,22+,23+,24-,26+/m1/s1. The average Bonchev–Trinajstić information content (AvgIpc) is 2.78. The first-order valence-corrected chi connectivity index (χ1v) is 12.5. The van der Waals surface area contributed by atoms with Gasteiger partial charge in [0.15, 0.2) is 6.29 Å². The van der Waals surface area contributed by atoms with E-state index in [9.17, 15) is 30.6 Å². The molecule has 1 saturated heterocycles. The molecule has 3 fully saturated rings. The van der Waals surface area contributed by atoms with Gasteiger partial charge in [0, 0.05) is 0 Å². The van der Waals surface area contributed by atoms with Crippen molar-refractivity contribution in [1.82, 2.24) is 0 Å². The van der Waals surface area contributed by atoms with Crippen molar-refractivity contribution in [2.24, 2.45) is 22.7 Å². The lowest BCUT2D eigenvalue weighted by Gasteiger charge is -2.61. The van der Waals surface area contributed by atoms with Crippen LogP contribution in [-0.4, -0.2) is 86.8 Å². The molecule has 1 aliphatic heterocycles. The summed E-state index contributed by atoms with van der Waals surface area (Å²) in [5.41, 5.74) is 1.52. The largest absolute Gasteiger partial charge is 0.394 e. The molecule has 3 rings (SSSR count). The Morgan fingerprint density at radius 1 is 1.12 bits per heavy atom. The van der Waals surface area contributed by atoms with Gasteiger partial charge in [-0.25, -0.2) is 0 Å². The van der Waals surface area contributed by atoms with Gasteiger partial charge in [-0.05, 0) is 67.3 Å². The Morgan fingerprint density at radius 2 is 1.79 bits per heavy atom. The summed E-state index contributed by atoms with van der Waals surface area (Å²) in [4.78, 5) is 0. The number of aliphatic hydroxyl groups excluding tert-OH is 6. The Morgan fingerprint density at radius 3 is 2.41 bits per heavy atom. The van der Waals surface area contributed by atoms with Crippen molar-refractivity contribution in [1.29, 1.82) is 0 Å². The summed E-state index contributed by atoms with van der Waals surface area (Å²) < 4.78 is 11.8. The Labute approximate surface area is 202 Å². The molecule has 3 aliphatic rings. The van der Waals surface area contributed by atoms with Crippen molar-refractivity contribution in [2.45, 2.75) is 103 Å². The smallest absolute Gasteiger partial charge is 0.187 e. The number of aliphatic hydroxyl groups is 6. The Bertz CT molecular complexity index is 749. The topological polar surface area (TPSA) is 140 Å². The van der Waals surface area contributed by atoms with E-state index in [1.807, 2.05) is 13.0 Å². The molecule has 0 bridgehead atoms. The van der Waals surface area contributed by atoms with Crippen LogP contribution in [0.4, 0.5) is 0 Å². The third-order valence-electron chi connectivity index (χ3n) is 9.03. The van der Waals surface area contributed by atoms with Crippen molar-refractivity contribution < 1.29 is 40.1 Å². The summed E-state index contributed by atoms with van der Waals surface area (Å²) in [6.07, 6.45) is -2.05. The molecule has 0 amide bonds. The molecule has 0 aromatic rings. The van der Waals surface area contributed by atoms with Crippen molar-refractivity contribution in [3.05, 3.63) is 23.8 Å². The van der Waals surface area contributed by atoms with Gasteiger partial charge in [-0.2, -0.15) is 0 Å². The fourth-order valence-corrected chi connectivity index (χ4v) is 6.71. The van der Waals surface area contributed by atoms with E-state index in [-0.39, 0.29) is 29.3 Å². The average molecular weight is 485 g/mol. The van der Waals surface area contributed by atoms with Gasteiger partial charge in [0.2, 0.25) is 0 Å². The summed E-state index contributed by atoms with van der Waals surface area (Å²) in [7, 11) is 0. The molecule has 34 heavy (non-hydrogen) atoms. The number of hydrogen-bond acceptors (Lipinski definition) is 8. The first-order chi connectivity index (χ1) is 15.9. The van der Waals surface area contributed by atoms with Gasteiger partial charge in [0.05, 0.1) is 25.4 Å². The molecule has 0 aromatic carbocycles. The molecule has 2 saturated carbocycles. The lowest BCUT2D eigenvalue weighted by molar-refractivity contribution is -0.313. The van der Waals surface area contributed by atoms with Crippen LogP contribution in [-0.2, 0) is 9.47 Å². The number of allylic oxidation sites excluding steroid dienone is 1. The van der Waals surface area contributed by atoms with E-state index < -0.39 is 49.5 Å². The molecule has 0 radical (unpaired) electrons. The molecule has 196 valence electrons. The van der Waals surface area contributed by atoms with E-state index in [0.29, 0.717) is 12.8 Å². The summed E-state index contributed by atoms with van der Waals surface area (Å²) in [5.74, 6) is 0.186. The highest BCUT2D eigenvalue weighted by molar-refractivity contribution is 5.22. The van der Waals surface area contributed by atoms with E-state index in [0.717, 1.165) is 30.4 Å². The lowest BCUT2D eigenvalue weighted by Crippen LogP contribution is -2.61. The van der Waals surface area contributed by atoms with Crippen molar-refractivity contribution in [3.8, 4) is 0 Å². The molecule has 1 heterocycles. The van der Waals surface area contributed by atoms with Gasteiger partial charge in [0.25, 0.3) is 0 Å². The Hall–Kier alpha value is -0.840. The van der Waals surface area contributed by atoms with Crippen LogP contribution in [0.15, 0.2) is 23.8 Å². The highest BCUT2D eigenvalue weighted by atomic mass is 16.7. The quantitative estimate of drug-likeness (QED) is 0.235. The fraction of sp³-hybridized carbons (Fsp3) is 0.846. The van der Waals surface area contributed by atoms with E-state index >= 15 is 0 Å². The SMILES string of the molecule is C=C1[C@@H](CC/C(C)=C\CO)[C@]2(C)CC[C@@H](O)C(C)(C)[C@H]2C[C@H]1O[C@@H]1O[C@H](CO)[C@@H](O)[C@H](O)[C@@H]1O. The molecular formula is C26H44O8. The molecule has 0 aromatic heterocycles. The van der Waals surface area contributed by atoms with E-state index in [1.54, 1.807) is 0 Å². The predicted octanol–water partition coefficient (Wildman–Crippen LogP) is 1.27. The van der Waals surface area contributed by atoms with Crippen LogP contribution in [0.5, 0.6) is 0 Å². The van der Waals surface area contributed by atoms with Crippen LogP contribution in [0, 0.1) is 22.7 Å². The molecule has 0 unspecified atom stereocenters. The maximum atomic E-state index is 10.9. The Balaban J connectivity index is 1.89. The molecule has 10 atom stereocenters. The molecule has 2 aliphatic carbocycles. The van der Waals surface area contributed by atoms with Gasteiger partial charge >= 0.3 is 0 Å². The minimum atomic E-state index is -1.51. The van der Waals surface area contributed by atoms with Crippen molar-refractivity contribution >= 4 is 0 Å². The second kappa shape index (κ2) is 10.6. The first kappa shape index (κ1) is 27.7. The van der Waals surface area contributed by atoms with Gasteiger partial charge in [-0.3, -0.25) is 0 Å². The van der Waals surface area contributed by atoms with Crippen LogP contribution in [0.3, 0.4) is 0 Å². The number of ether oxygens (including phenoxy) is 2. The number of rotatable bonds is 7. The number of hydrogen-bond donors (Lipinski definition) is 6. The molecule has 6 N–H and O–H groups in total. The third-order valence-corrected chi connectivity index (χ3v) is 9.03. The predicted molar refractivity (Wildman–Crippen MR) is 127 cm³/mol. The van der Waals surface area contributed by atoms with E-state index in [2.05, 4.69) is 27.4 Å². The zero-order valence-corrected chi connectivity index (χ0v) is 20.9. The van der Waals surface area contributed by atoms with Crippen molar-refractivity contribution in [3.63, 3.8) is 0 Å². The van der Waals surface area contributed by atoms with Crippen LogP contribution in [0.1, 0.15) is 59.8 Å². The summed E-state index contributed by atoms with van der Waals surface area (Å²) in [5, 5.41) is 60.5. The van der Waals surface area contributed by atoms with Gasteiger partial charge in [-0.15, -0.1) is 0 Å². The zero-order valence-electron chi connectivity index (χ0n) is 20.9. The molecule has 8 heteroatoms. The minimum Gasteiger partial charge on any atom is -0.394 e. The normalized spacial score (nSPS) is 45.2. The number of fused-ring (bicyclic) bond motifs is 1. The first-order valence-electron chi connectivity index (χ1n) is 12.5. The van der Waals surface area contributed by atoms with Crippen LogP contribution in [0.2, 0.25) is 0 Å². The maximum absolute atomic E-state index is 10.9. The fourth-order valence-electron chi connectivity index (χ4n) is 6.71. The second-order valence-corrected chi connectivity index (χ2v) is 11.4. The van der Waals surface area contributed by atoms with Gasteiger partial charge < -0.3 is 40.1 Å². The summed E-state index contributed by atoms with van der Waals surface area (Å²) >= 11 is 0. The highest BCUT2D eigenvalue weighted by Gasteiger charge is 2.58. The third kappa shape index (κ3) is 5.02. The maximum Gasteiger partial charge on any atom is 0.187 e. The van der Waals surface area contributed by atoms with E-state index in [4.69, 9.17) is 9.47 Å². The second-order valence-electron chi connectivity index (χ2n) is 11.4. The van der Waals surface area contributed by atoms with E-state index in [1.165, 1.54) is 0 Å². The van der Waals surface area contributed by atoms with Crippen molar-refractivity contribution in [2.75, 3.05) is 13.2 Å². The summed E-state index contributed by atoms with van der Waals surface area (Å²) in [6, 6.07) is 0. The highest BCUT2D eigenvalue weighted by Crippen LogP contribution is 2.62. The molecule has 0 spiro atoms. The van der Waals surface area contributed by atoms with Gasteiger partial charge in [0.1, 0.15) is 24.4 Å². The Kier molecular flexibility index (Phi) is 8.69. The lowest BCUT2D eigenvalue weighted by atomic mass is 9.46.